The van der Waals surface area contributed by atoms with Crippen LogP contribution in [0.15, 0.2) is 59.5 Å². The fraction of sp³-hybridized carbons (Fsp3) is 0.333. The molecule has 1 aliphatic heterocycles. The number of halogens is 1. The normalized spacial score (nSPS) is 24.2. The summed E-state index contributed by atoms with van der Waals surface area (Å²) in [7, 11) is -3.58. The van der Waals surface area contributed by atoms with Crippen LogP contribution in [0.25, 0.3) is 0 Å². The van der Waals surface area contributed by atoms with E-state index in [4.69, 9.17) is 4.74 Å². The molecule has 0 aliphatic carbocycles. The van der Waals surface area contributed by atoms with E-state index < -0.39 is 10.0 Å². The van der Waals surface area contributed by atoms with Crippen LogP contribution in [0.2, 0.25) is 0 Å². The second-order valence-corrected chi connectivity index (χ2v) is 8.60. The monoisotopic (exact) mass is 457 g/mol. The molecule has 1 saturated heterocycles. The van der Waals surface area contributed by atoms with Gasteiger partial charge < -0.3 is 4.74 Å². The molecule has 3 atom stereocenters. The van der Waals surface area contributed by atoms with E-state index in [9.17, 15) is 8.42 Å². The van der Waals surface area contributed by atoms with Crippen molar-refractivity contribution in [2.24, 2.45) is 0 Å². The van der Waals surface area contributed by atoms with E-state index in [-0.39, 0.29) is 18.1 Å². The van der Waals surface area contributed by atoms with E-state index in [0.717, 1.165) is 15.6 Å². The SMILES string of the molecule is Cc1ccc(S(=O)(=O)N[C@H]2[C@@H](c3ccccc3)CO[C@@H]2CI)cc1. The van der Waals surface area contributed by atoms with E-state index >= 15 is 0 Å². The molecule has 0 saturated carbocycles. The summed E-state index contributed by atoms with van der Waals surface area (Å²) >= 11 is 2.24. The van der Waals surface area contributed by atoms with E-state index in [1.165, 1.54) is 0 Å². The third-order valence-corrected chi connectivity index (χ3v) is 6.67. The third kappa shape index (κ3) is 3.82. The van der Waals surface area contributed by atoms with Gasteiger partial charge >= 0.3 is 0 Å². The summed E-state index contributed by atoms with van der Waals surface area (Å²) in [5, 5.41) is 0. The molecule has 4 nitrogen and oxygen atoms in total. The van der Waals surface area contributed by atoms with Crippen LogP contribution in [0.1, 0.15) is 17.0 Å². The molecule has 0 bridgehead atoms. The summed E-state index contributed by atoms with van der Waals surface area (Å²) in [6.07, 6.45) is -0.129. The average Bonchev–Trinajstić information content (AvgIpc) is 2.98. The lowest BCUT2D eigenvalue weighted by molar-refractivity contribution is 0.121. The second-order valence-electron chi connectivity index (χ2n) is 6.00. The average molecular weight is 457 g/mol. The zero-order valence-electron chi connectivity index (χ0n) is 13.4. The third-order valence-electron chi connectivity index (χ3n) is 4.33. The quantitative estimate of drug-likeness (QED) is 0.554. The van der Waals surface area contributed by atoms with Gasteiger partial charge in [0, 0.05) is 10.3 Å². The smallest absolute Gasteiger partial charge is 0.240 e. The van der Waals surface area contributed by atoms with Crippen LogP contribution in [0.5, 0.6) is 0 Å². The summed E-state index contributed by atoms with van der Waals surface area (Å²) in [5.74, 6) is 0.0196. The molecule has 24 heavy (non-hydrogen) atoms. The van der Waals surface area contributed by atoms with Gasteiger partial charge in [-0.3, -0.25) is 0 Å². The van der Waals surface area contributed by atoms with Gasteiger partial charge in [0.2, 0.25) is 10.0 Å². The molecule has 0 unspecified atom stereocenters. The maximum Gasteiger partial charge on any atom is 0.240 e. The predicted molar refractivity (Wildman–Crippen MR) is 103 cm³/mol. The highest BCUT2D eigenvalue weighted by atomic mass is 127. The van der Waals surface area contributed by atoms with Crippen molar-refractivity contribution in [3.8, 4) is 0 Å². The van der Waals surface area contributed by atoms with Gasteiger partial charge in [-0.05, 0) is 24.6 Å². The number of benzene rings is 2. The van der Waals surface area contributed by atoms with E-state index in [2.05, 4.69) is 27.3 Å². The summed E-state index contributed by atoms with van der Waals surface area (Å²) in [4.78, 5) is 0.291. The van der Waals surface area contributed by atoms with Crippen LogP contribution in [-0.2, 0) is 14.8 Å². The van der Waals surface area contributed by atoms with Crippen LogP contribution in [0.4, 0.5) is 0 Å². The van der Waals surface area contributed by atoms with Gasteiger partial charge in [0.25, 0.3) is 0 Å². The molecule has 0 amide bonds. The number of alkyl halides is 1. The molecular weight excluding hydrogens is 437 g/mol. The standard InChI is InChI=1S/C18H20INO3S/c1-13-7-9-15(10-8-13)24(21,22)20-18-16(12-23-17(18)11-19)14-5-3-2-4-6-14/h2-10,16-18,20H,11-12H2,1H3/t16-,17-,18+/m1/s1. The van der Waals surface area contributed by atoms with Crippen molar-refractivity contribution in [1.82, 2.24) is 4.72 Å². The molecule has 0 aromatic heterocycles. The minimum Gasteiger partial charge on any atom is -0.375 e. The molecule has 2 aromatic carbocycles. The van der Waals surface area contributed by atoms with Crippen molar-refractivity contribution in [2.45, 2.75) is 29.9 Å². The first-order valence-electron chi connectivity index (χ1n) is 7.83. The number of aryl methyl sites for hydroxylation is 1. The van der Waals surface area contributed by atoms with Gasteiger partial charge in [-0.1, -0.05) is 70.6 Å². The van der Waals surface area contributed by atoms with Crippen molar-refractivity contribution in [3.05, 3.63) is 65.7 Å². The first-order chi connectivity index (χ1) is 11.5. The van der Waals surface area contributed by atoms with Crippen LogP contribution >= 0.6 is 22.6 Å². The number of nitrogens with one attached hydrogen (secondary N) is 1. The fourth-order valence-electron chi connectivity index (χ4n) is 2.96. The molecule has 1 aliphatic rings. The van der Waals surface area contributed by atoms with Gasteiger partial charge in [0.15, 0.2) is 0 Å². The van der Waals surface area contributed by atoms with Crippen molar-refractivity contribution in [3.63, 3.8) is 0 Å². The van der Waals surface area contributed by atoms with Crippen LogP contribution in [0.3, 0.4) is 0 Å². The van der Waals surface area contributed by atoms with Gasteiger partial charge in [-0.2, -0.15) is 0 Å². The molecule has 1 fully saturated rings. The van der Waals surface area contributed by atoms with Crippen molar-refractivity contribution in [2.75, 3.05) is 11.0 Å². The van der Waals surface area contributed by atoms with Gasteiger partial charge in [0.1, 0.15) is 0 Å². The van der Waals surface area contributed by atoms with Gasteiger partial charge in [-0.25, -0.2) is 13.1 Å². The predicted octanol–water partition coefficient (Wildman–Crippen LogP) is 3.26. The maximum absolute atomic E-state index is 12.8. The lowest BCUT2D eigenvalue weighted by Crippen LogP contribution is -2.44. The Morgan fingerprint density at radius 2 is 1.79 bits per heavy atom. The molecule has 0 spiro atoms. The summed E-state index contributed by atoms with van der Waals surface area (Å²) in [5.41, 5.74) is 2.13. The number of hydrogen-bond donors (Lipinski definition) is 1. The number of ether oxygens (including phenoxy) is 1. The Labute approximate surface area is 156 Å². The van der Waals surface area contributed by atoms with E-state index in [1.807, 2.05) is 49.4 Å². The minimum absolute atomic E-state index is 0.0196. The summed E-state index contributed by atoms with van der Waals surface area (Å²) < 4.78 is 35.0. The van der Waals surface area contributed by atoms with Crippen LogP contribution in [0, 0.1) is 6.92 Å². The summed E-state index contributed by atoms with van der Waals surface area (Å²) in [6, 6.07) is 16.6. The first-order valence-corrected chi connectivity index (χ1v) is 10.8. The second kappa shape index (κ2) is 7.51. The zero-order chi connectivity index (χ0) is 17.2. The zero-order valence-corrected chi connectivity index (χ0v) is 16.3. The molecule has 1 N–H and O–H groups in total. The molecular formula is C18H20INO3S. The molecule has 3 rings (SSSR count). The molecule has 1 heterocycles. The summed E-state index contributed by atoms with van der Waals surface area (Å²) in [6.45, 7) is 2.46. The Morgan fingerprint density at radius 3 is 2.42 bits per heavy atom. The Morgan fingerprint density at radius 1 is 1.12 bits per heavy atom. The molecule has 6 heteroatoms. The van der Waals surface area contributed by atoms with Gasteiger partial charge in [0.05, 0.1) is 23.6 Å². The Kier molecular flexibility index (Phi) is 5.59. The molecule has 128 valence electrons. The van der Waals surface area contributed by atoms with E-state index in [0.29, 0.717) is 11.5 Å². The minimum atomic E-state index is -3.58. The maximum atomic E-state index is 12.8. The Bertz CT molecular complexity index is 778. The highest BCUT2D eigenvalue weighted by Crippen LogP contribution is 2.32. The lowest BCUT2D eigenvalue weighted by atomic mass is 9.92. The topological polar surface area (TPSA) is 55.4 Å². The number of rotatable bonds is 5. The molecule has 0 radical (unpaired) electrons. The van der Waals surface area contributed by atoms with Crippen molar-refractivity contribution >= 4 is 32.6 Å². The molecule has 2 aromatic rings. The van der Waals surface area contributed by atoms with Crippen LogP contribution < -0.4 is 4.72 Å². The fourth-order valence-corrected chi connectivity index (χ4v) is 5.07. The van der Waals surface area contributed by atoms with E-state index in [1.54, 1.807) is 12.1 Å². The number of sulfonamides is 1. The Balaban J connectivity index is 1.88. The van der Waals surface area contributed by atoms with Crippen molar-refractivity contribution < 1.29 is 13.2 Å². The lowest BCUT2D eigenvalue weighted by Gasteiger charge is -2.23. The Hall–Kier alpha value is -0.960. The van der Waals surface area contributed by atoms with Crippen LogP contribution in [-0.4, -0.2) is 31.6 Å². The highest BCUT2D eigenvalue weighted by molar-refractivity contribution is 14.1. The largest absolute Gasteiger partial charge is 0.375 e. The number of hydrogen-bond acceptors (Lipinski definition) is 3. The first kappa shape index (κ1) is 17.8. The highest BCUT2D eigenvalue weighted by Gasteiger charge is 2.40. The van der Waals surface area contributed by atoms with Gasteiger partial charge in [-0.15, -0.1) is 0 Å². The van der Waals surface area contributed by atoms with Crippen molar-refractivity contribution in [1.29, 1.82) is 0 Å².